The fourth-order valence-corrected chi connectivity index (χ4v) is 8.14. The van der Waals surface area contributed by atoms with E-state index in [1.165, 1.54) is 6.33 Å². The molecule has 10 nitrogen and oxygen atoms in total. The minimum Gasteiger partial charge on any atom is -0.340 e. The Morgan fingerprint density at radius 3 is 2.79 bits per heavy atom. The molecule has 1 saturated carbocycles. The van der Waals surface area contributed by atoms with Gasteiger partial charge in [0.2, 0.25) is 5.91 Å². The van der Waals surface area contributed by atoms with Crippen molar-refractivity contribution < 1.29 is 9.59 Å². The predicted molar refractivity (Wildman–Crippen MR) is 146 cm³/mol. The standard InChI is InChI=1S/C28H29N7O3S/c1-15-9-19(27(38)35-22(15)24(36)33-28(35)7-3-2-4-8-28)32-23-21-18-6-5-17(26(37)34-12-16(11-29)13-34)10-20(18)39-25(21)31-14-30-23/h9,14,16-17H,2-8,10,12-13H2,1H3,(H,33,36)(H,30,31,32)/t17-/m0/s1. The van der Waals surface area contributed by atoms with Crippen LogP contribution in [0, 0.1) is 30.1 Å². The quantitative estimate of drug-likeness (QED) is 0.518. The number of aromatic nitrogens is 3. The van der Waals surface area contributed by atoms with Gasteiger partial charge in [-0.1, -0.05) is 6.42 Å². The number of nitrogens with zero attached hydrogens (tertiary/aromatic N) is 5. The molecule has 2 N–H and O–H groups in total. The second-order valence-electron chi connectivity index (χ2n) is 11.3. The highest BCUT2D eigenvalue weighted by Crippen LogP contribution is 2.42. The van der Waals surface area contributed by atoms with E-state index in [1.807, 2.05) is 6.92 Å². The summed E-state index contributed by atoms with van der Waals surface area (Å²) < 4.78 is 1.69. The minimum atomic E-state index is -0.655. The molecule has 2 aliphatic carbocycles. The zero-order valence-corrected chi connectivity index (χ0v) is 22.6. The lowest BCUT2D eigenvalue weighted by Crippen LogP contribution is -2.52. The van der Waals surface area contributed by atoms with Crippen LogP contribution >= 0.6 is 11.3 Å². The summed E-state index contributed by atoms with van der Waals surface area (Å²) in [6.07, 6.45) is 8.16. The molecular weight excluding hydrogens is 514 g/mol. The largest absolute Gasteiger partial charge is 0.340 e. The Labute approximate surface area is 229 Å². The third-order valence-corrected chi connectivity index (χ3v) is 10.0. The zero-order chi connectivity index (χ0) is 26.9. The number of pyridine rings is 1. The molecule has 3 aromatic heterocycles. The van der Waals surface area contributed by atoms with Crippen molar-refractivity contribution >= 4 is 44.9 Å². The van der Waals surface area contributed by atoms with Crippen molar-refractivity contribution in [3.05, 3.63) is 44.4 Å². The molecule has 39 heavy (non-hydrogen) atoms. The van der Waals surface area contributed by atoms with Gasteiger partial charge in [-0.3, -0.25) is 19.0 Å². The number of anilines is 2. The summed E-state index contributed by atoms with van der Waals surface area (Å²) in [6.45, 7) is 2.93. The average Bonchev–Trinajstić information content (AvgIpc) is 3.41. The molecule has 11 heteroatoms. The van der Waals surface area contributed by atoms with Crippen LogP contribution in [-0.2, 0) is 23.3 Å². The van der Waals surface area contributed by atoms with E-state index in [0.29, 0.717) is 36.7 Å². The maximum atomic E-state index is 13.9. The Balaban J connectivity index is 1.22. The van der Waals surface area contributed by atoms with Gasteiger partial charge < -0.3 is 15.5 Å². The Morgan fingerprint density at radius 1 is 1.23 bits per heavy atom. The number of carbonyl (C=O) groups is 2. The first-order valence-electron chi connectivity index (χ1n) is 13.7. The number of aryl methyl sites for hydroxylation is 2. The number of hydrogen-bond donors (Lipinski definition) is 2. The van der Waals surface area contributed by atoms with E-state index in [2.05, 4.69) is 26.7 Å². The number of amides is 2. The molecule has 0 radical (unpaired) electrons. The number of nitrogens with one attached hydrogen (secondary N) is 2. The van der Waals surface area contributed by atoms with Gasteiger partial charge in [-0.2, -0.15) is 5.26 Å². The highest BCUT2D eigenvalue weighted by atomic mass is 32.1. The van der Waals surface area contributed by atoms with E-state index in [9.17, 15) is 14.4 Å². The van der Waals surface area contributed by atoms with Crippen molar-refractivity contribution in [2.75, 3.05) is 18.4 Å². The third-order valence-electron chi connectivity index (χ3n) is 8.88. The lowest BCUT2D eigenvalue weighted by molar-refractivity contribution is -0.141. The molecule has 200 valence electrons. The van der Waals surface area contributed by atoms with E-state index < -0.39 is 5.66 Å². The Morgan fingerprint density at radius 2 is 2.03 bits per heavy atom. The summed E-state index contributed by atoms with van der Waals surface area (Å²) in [5.41, 5.74) is 1.86. The lowest BCUT2D eigenvalue weighted by Gasteiger charge is -2.38. The third kappa shape index (κ3) is 3.68. The van der Waals surface area contributed by atoms with Gasteiger partial charge >= 0.3 is 0 Å². The Hall–Kier alpha value is -3.78. The van der Waals surface area contributed by atoms with E-state index >= 15 is 0 Å². The molecule has 2 amide bonds. The molecule has 7 rings (SSSR count). The molecule has 2 aliphatic heterocycles. The smallest absolute Gasteiger partial charge is 0.276 e. The fraction of sp³-hybridized carbons (Fsp3) is 0.500. The van der Waals surface area contributed by atoms with Gasteiger partial charge in [0.25, 0.3) is 11.5 Å². The van der Waals surface area contributed by atoms with Crippen LogP contribution in [0.1, 0.15) is 65.0 Å². The molecule has 5 heterocycles. The average molecular weight is 544 g/mol. The molecule has 0 unspecified atom stereocenters. The Kier molecular flexibility index (Phi) is 5.53. The van der Waals surface area contributed by atoms with E-state index in [1.54, 1.807) is 26.9 Å². The van der Waals surface area contributed by atoms with Crippen LogP contribution < -0.4 is 16.2 Å². The van der Waals surface area contributed by atoms with Crippen LogP contribution in [0.5, 0.6) is 0 Å². The van der Waals surface area contributed by atoms with Crippen molar-refractivity contribution in [1.29, 1.82) is 5.26 Å². The number of likely N-dealkylation sites (tertiary alicyclic amines) is 1. The molecule has 3 aromatic rings. The van der Waals surface area contributed by atoms with Crippen LogP contribution in [0.2, 0.25) is 0 Å². The SMILES string of the molecule is Cc1cc(Nc2ncnc3sc4c(c23)CC[C@H](C(=O)N2CC(C#N)C2)C4)c(=O)n2c1C(=O)NC21CCCCC1. The summed E-state index contributed by atoms with van der Waals surface area (Å²) in [4.78, 5) is 52.6. The number of nitriles is 1. The van der Waals surface area contributed by atoms with Gasteiger partial charge in [0.05, 0.1) is 17.4 Å². The first-order valence-corrected chi connectivity index (χ1v) is 14.5. The maximum absolute atomic E-state index is 13.9. The fourth-order valence-electron chi connectivity index (χ4n) is 6.88. The summed E-state index contributed by atoms with van der Waals surface area (Å²) >= 11 is 1.58. The van der Waals surface area contributed by atoms with Crippen LogP contribution in [-0.4, -0.2) is 44.3 Å². The van der Waals surface area contributed by atoms with Crippen LogP contribution in [0.3, 0.4) is 0 Å². The van der Waals surface area contributed by atoms with Crippen molar-refractivity contribution in [2.24, 2.45) is 11.8 Å². The van der Waals surface area contributed by atoms with Crippen molar-refractivity contribution in [3.8, 4) is 6.07 Å². The van der Waals surface area contributed by atoms with Crippen LogP contribution in [0.4, 0.5) is 11.5 Å². The summed E-state index contributed by atoms with van der Waals surface area (Å²) in [6, 6.07) is 3.98. The second-order valence-corrected chi connectivity index (χ2v) is 12.4. The predicted octanol–water partition coefficient (Wildman–Crippen LogP) is 3.35. The molecule has 4 aliphatic rings. The molecule has 2 fully saturated rings. The number of rotatable bonds is 3. The highest BCUT2D eigenvalue weighted by Gasteiger charge is 2.45. The molecule has 0 bridgehead atoms. The highest BCUT2D eigenvalue weighted by molar-refractivity contribution is 7.19. The summed E-state index contributed by atoms with van der Waals surface area (Å²) in [5.74, 6) is 0.398. The van der Waals surface area contributed by atoms with Crippen molar-refractivity contribution in [3.63, 3.8) is 0 Å². The van der Waals surface area contributed by atoms with Gasteiger partial charge in [0.15, 0.2) is 0 Å². The number of hydrogen-bond acceptors (Lipinski definition) is 8. The van der Waals surface area contributed by atoms with Crippen LogP contribution in [0.25, 0.3) is 10.2 Å². The molecule has 0 aromatic carbocycles. The van der Waals surface area contributed by atoms with Gasteiger partial charge in [-0.05, 0) is 69.1 Å². The maximum Gasteiger partial charge on any atom is 0.276 e. The monoisotopic (exact) mass is 543 g/mol. The first-order chi connectivity index (χ1) is 18.9. The van der Waals surface area contributed by atoms with Crippen molar-refractivity contribution in [1.82, 2.24) is 24.8 Å². The topological polar surface area (TPSA) is 133 Å². The van der Waals surface area contributed by atoms with Gasteiger partial charge in [0, 0.05) is 23.9 Å². The van der Waals surface area contributed by atoms with Gasteiger partial charge in [-0.15, -0.1) is 11.3 Å². The van der Waals surface area contributed by atoms with E-state index in [-0.39, 0.29) is 29.2 Å². The van der Waals surface area contributed by atoms with Gasteiger partial charge in [-0.25, -0.2) is 9.97 Å². The van der Waals surface area contributed by atoms with Gasteiger partial charge in [0.1, 0.15) is 34.0 Å². The molecule has 1 spiro atoms. The molecular formula is C28H29N7O3S. The summed E-state index contributed by atoms with van der Waals surface area (Å²) in [5, 5.41) is 16.4. The zero-order valence-electron chi connectivity index (χ0n) is 21.7. The lowest BCUT2D eigenvalue weighted by atomic mass is 9.85. The first kappa shape index (κ1) is 24.3. The number of carbonyl (C=O) groups excluding carboxylic acids is 2. The van der Waals surface area contributed by atoms with Crippen LogP contribution in [0.15, 0.2) is 17.2 Å². The molecule has 1 saturated heterocycles. The van der Waals surface area contributed by atoms with E-state index in [0.717, 1.165) is 71.2 Å². The second kappa shape index (κ2) is 8.88. The normalized spacial score (nSPS) is 21.7. The van der Waals surface area contributed by atoms with E-state index in [4.69, 9.17) is 5.26 Å². The minimum absolute atomic E-state index is 0.0462. The Bertz CT molecular complexity index is 1640. The number of thiophene rings is 1. The summed E-state index contributed by atoms with van der Waals surface area (Å²) in [7, 11) is 0. The number of fused-ring (bicyclic) bond motifs is 5. The molecule has 1 atom stereocenters. The van der Waals surface area contributed by atoms with Crippen molar-refractivity contribution in [2.45, 2.75) is 64.0 Å².